The maximum atomic E-state index is 7.46. The molecule has 0 saturated heterocycles. The fraction of sp³-hybridized carbons (Fsp3) is 0.533. The summed E-state index contributed by atoms with van der Waals surface area (Å²) in [5.74, 6) is 1.10. The van der Waals surface area contributed by atoms with E-state index in [0.717, 1.165) is 18.6 Å². The highest BCUT2D eigenvalue weighted by Gasteiger charge is 2.20. The predicted molar refractivity (Wildman–Crippen MR) is 77.7 cm³/mol. The van der Waals surface area contributed by atoms with Gasteiger partial charge in [0.15, 0.2) is 0 Å². The van der Waals surface area contributed by atoms with E-state index in [1.54, 1.807) is 0 Å². The summed E-state index contributed by atoms with van der Waals surface area (Å²) in [5, 5.41) is 7.46. The first-order chi connectivity index (χ1) is 9.02. The fourth-order valence-corrected chi connectivity index (χ4v) is 1.59. The molecular weight excluding hydrogens is 240 g/mol. The molecule has 0 radical (unpaired) electrons. The van der Waals surface area contributed by atoms with Gasteiger partial charge in [-0.1, -0.05) is 32.0 Å². The second kappa shape index (κ2) is 7.79. The van der Waals surface area contributed by atoms with Gasteiger partial charge in [-0.25, -0.2) is 0 Å². The van der Waals surface area contributed by atoms with E-state index in [1.165, 1.54) is 0 Å². The Labute approximate surface area is 115 Å². The number of ether oxygens (including phenoxy) is 2. The zero-order valence-electron chi connectivity index (χ0n) is 11.8. The molecule has 4 nitrogen and oxygen atoms in total. The summed E-state index contributed by atoms with van der Waals surface area (Å²) in [6.07, 6.45) is 1.76. The highest BCUT2D eigenvalue weighted by molar-refractivity contribution is 5.82. The average molecular weight is 264 g/mol. The average Bonchev–Trinajstić information content (AvgIpc) is 2.38. The van der Waals surface area contributed by atoms with E-state index in [-0.39, 0.29) is 11.3 Å². The van der Waals surface area contributed by atoms with Crippen LogP contribution in [0.2, 0.25) is 0 Å². The van der Waals surface area contributed by atoms with Crippen molar-refractivity contribution in [2.75, 3.05) is 19.8 Å². The number of nitrogens with two attached hydrogens (primary N) is 1. The SMILES string of the molecule is CC(C)(CCCOCCOc1ccccc1)C(=N)N. The number of hydrogen-bond acceptors (Lipinski definition) is 3. The molecular formula is C15H24N2O2. The molecule has 19 heavy (non-hydrogen) atoms. The zero-order chi connectivity index (χ0) is 14.1. The monoisotopic (exact) mass is 264 g/mol. The lowest BCUT2D eigenvalue weighted by molar-refractivity contribution is 0.0942. The van der Waals surface area contributed by atoms with Crippen molar-refractivity contribution in [3.8, 4) is 5.75 Å². The van der Waals surface area contributed by atoms with Crippen LogP contribution in [0.3, 0.4) is 0 Å². The third-order valence-electron chi connectivity index (χ3n) is 3.06. The van der Waals surface area contributed by atoms with Crippen molar-refractivity contribution in [1.29, 1.82) is 5.41 Å². The molecule has 0 aliphatic heterocycles. The van der Waals surface area contributed by atoms with Gasteiger partial charge in [0, 0.05) is 12.0 Å². The van der Waals surface area contributed by atoms with Crippen LogP contribution in [-0.2, 0) is 4.74 Å². The predicted octanol–water partition coefficient (Wildman–Crippen LogP) is 2.82. The summed E-state index contributed by atoms with van der Waals surface area (Å²) in [7, 11) is 0. The highest BCUT2D eigenvalue weighted by Crippen LogP contribution is 2.21. The summed E-state index contributed by atoms with van der Waals surface area (Å²) < 4.78 is 11.0. The van der Waals surface area contributed by atoms with Gasteiger partial charge in [-0.05, 0) is 25.0 Å². The third kappa shape index (κ3) is 6.25. The molecule has 0 aliphatic rings. The molecule has 1 aromatic rings. The minimum atomic E-state index is -0.232. The van der Waals surface area contributed by atoms with Crippen molar-refractivity contribution in [1.82, 2.24) is 0 Å². The molecule has 3 N–H and O–H groups in total. The third-order valence-corrected chi connectivity index (χ3v) is 3.06. The lowest BCUT2D eigenvalue weighted by Crippen LogP contribution is -2.31. The van der Waals surface area contributed by atoms with Crippen LogP contribution in [0.4, 0.5) is 0 Å². The van der Waals surface area contributed by atoms with Gasteiger partial charge in [-0.15, -0.1) is 0 Å². The molecule has 0 fully saturated rings. The van der Waals surface area contributed by atoms with Crippen molar-refractivity contribution in [3.63, 3.8) is 0 Å². The summed E-state index contributed by atoms with van der Waals surface area (Å²) in [6, 6.07) is 9.70. The van der Waals surface area contributed by atoms with Gasteiger partial charge in [-0.3, -0.25) is 5.41 Å². The van der Waals surface area contributed by atoms with Crippen molar-refractivity contribution in [3.05, 3.63) is 30.3 Å². The van der Waals surface area contributed by atoms with Gasteiger partial charge in [-0.2, -0.15) is 0 Å². The minimum absolute atomic E-state index is 0.232. The van der Waals surface area contributed by atoms with E-state index in [0.29, 0.717) is 19.8 Å². The van der Waals surface area contributed by atoms with Crippen LogP contribution in [0.5, 0.6) is 5.75 Å². The molecule has 0 spiro atoms. The van der Waals surface area contributed by atoms with Crippen molar-refractivity contribution in [2.45, 2.75) is 26.7 Å². The first-order valence-electron chi connectivity index (χ1n) is 6.62. The summed E-state index contributed by atoms with van der Waals surface area (Å²) >= 11 is 0. The van der Waals surface area contributed by atoms with Gasteiger partial charge in [0.2, 0.25) is 0 Å². The Balaban J connectivity index is 2.02. The maximum absolute atomic E-state index is 7.46. The molecule has 0 amide bonds. The Hall–Kier alpha value is -1.55. The first-order valence-corrected chi connectivity index (χ1v) is 6.62. The second-order valence-electron chi connectivity index (χ2n) is 5.17. The molecule has 4 heteroatoms. The van der Waals surface area contributed by atoms with E-state index in [2.05, 4.69) is 0 Å². The minimum Gasteiger partial charge on any atom is -0.491 e. The van der Waals surface area contributed by atoms with Crippen LogP contribution < -0.4 is 10.5 Å². The molecule has 0 bridgehead atoms. The van der Waals surface area contributed by atoms with Crippen molar-refractivity contribution < 1.29 is 9.47 Å². The summed E-state index contributed by atoms with van der Waals surface area (Å²) in [4.78, 5) is 0. The van der Waals surface area contributed by atoms with Gasteiger partial charge in [0.1, 0.15) is 12.4 Å². The number of amidine groups is 1. The van der Waals surface area contributed by atoms with Crippen LogP contribution in [0.1, 0.15) is 26.7 Å². The first kappa shape index (κ1) is 15.5. The van der Waals surface area contributed by atoms with Crippen LogP contribution >= 0.6 is 0 Å². The lowest BCUT2D eigenvalue weighted by Gasteiger charge is -2.22. The van der Waals surface area contributed by atoms with Crippen LogP contribution in [-0.4, -0.2) is 25.7 Å². The number of para-hydroxylation sites is 1. The lowest BCUT2D eigenvalue weighted by atomic mass is 9.87. The van der Waals surface area contributed by atoms with E-state index in [1.807, 2.05) is 44.2 Å². The molecule has 106 valence electrons. The number of benzene rings is 1. The van der Waals surface area contributed by atoms with E-state index < -0.39 is 0 Å². The normalized spacial score (nSPS) is 11.3. The fourth-order valence-electron chi connectivity index (χ4n) is 1.59. The molecule has 0 unspecified atom stereocenters. The van der Waals surface area contributed by atoms with Crippen molar-refractivity contribution >= 4 is 5.84 Å². The number of nitrogens with one attached hydrogen (secondary N) is 1. The molecule has 0 aromatic heterocycles. The number of rotatable bonds is 9. The Morgan fingerprint density at radius 3 is 2.47 bits per heavy atom. The molecule has 1 aromatic carbocycles. The zero-order valence-corrected chi connectivity index (χ0v) is 11.8. The summed E-state index contributed by atoms with van der Waals surface area (Å²) in [6.45, 7) is 5.77. The Bertz CT molecular complexity index is 377. The summed E-state index contributed by atoms with van der Waals surface area (Å²) in [5.41, 5.74) is 5.29. The van der Waals surface area contributed by atoms with Crippen LogP contribution in [0.25, 0.3) is 0 Å². The van der Waals surface area contributed by atoms with Crippen LogP contribution in [0.15, 0.2) is 30.3 Å². The highest BCUT2D eigenvalue weighted by atomic mass is 16.5. The van der Waals surface area contributed by atoms with Gasteiger partial charge >= 0.3 is 0 Å². The van der Waals surface area contributed by atoms with Gasteiger partial charge < -0.3 is 15.2 Å². The van der Waals surface area contributed by atoms with E-state index in [9.17, 15) is 0 Å². The number of hydrogen-bond donors (Lipinski definition) is 2. The van der Waals surface area contributed by atoms with E-state index >= 15 is 0 Å². The maximum Gasteiger partial charge on any atom is 0.119 e. The van der Waals surface area contributed by atoms with Gasteiger partial charge in [0.25, 0.3) is 0 Å². The smallest absolute Gasteiger partial charge is 0.119 e. The second-order valence-corrected chi connectivity index (χ2v) is 5.17. The molecule has 0 aliphatic carbocycles. The quantitative estimate of drug-likeness (QED) is 0.409. The molecule has 0 atom stereocenters. The Kier molecular flexibility index (Phi) is 6.36. The Morgan fingerprint density at radius 1 is 1.16 bits per heavy atom. The van der Waals surface area contributed by atoms with Gasteiger partial charge in [0.05, 0.1) is 12.4 Å². The molecule has 0 heterocycles. The largest absolute Gasteiger partial charge is 0.491 e. The van der Waals surface area contributed by atoms with Crippen molar-refractivity contribution in [2.24, 2.45) is 11.1 Å². The van der Waals surface area contributed by atoms with E-state index in [4.69, 9.17) is 20.6 Å². The van der Waals surface area contributed by atoms with Crippen LogP contribution in [0, 0.1) is 10.8 Å². The topological polar surface area (TPSA) is 68.3 Å². The molecule has 0 saturated carbocycles. The molecule has 1 rings (SSSR count). The standard InChI is InChI=1S/C15H24N2O2/c1-15(2,14(16)17)9-6-10-18-11-12-19-13-7-4-3-5-8-13/h3-5,7-8H,6,9-12H2,1-2H3,(H3,16,17). The Morgan fingerprint density at radius 2 is 1.84 bits per heavy atom.